The molecule has 3 atom stereocenters. The fourth-order valence-electron chi connectivity index (χ4n) is 3.32. The first kappa shape index (κ1) is 18.2. The second-order valence-corrected chi connectivity index (χ2v) is 6.63. The Kier molecular flexibility index (Phi) is 5.17. The lowest BCUT2D eigenvalue weighted by Gasteiger charge is -2.45. The zero-order valence-electron chi connectivity index (χ0n) is 15.8. The third-order valence-corrected chi connectivity index (χ3v) is 4.40. The molecule has 9 heteroatoms. The Balaban J connectivity index is 1.84. The number of aromatic nitrogens is 5. The van der Waals surface area contributed by atoms with E-state index in [1.807, 2.05) is 13.0 Å². The van der Waals surface area contributed by atoms with Gasteiger partial charge in [-0.1, -0.05) is 0 Å². The molecule has 1 saturated heterocycles. The molecule has 0 bridgehead atoms. The second-order valence-electron chi connectivity index (χ2n) is 6.63. The van der Waals surface area contributed by atoms with Crippen LogP contribution in [0.3, 0.4) is 0 Å². The van der Waals surface area contributed by atoms with Gasteiger partial charge in [-0.25, -0.2) is 9.97 Å². The molecule has 1 aliphatic heterocycles. The highest BCUT2D eigenvalue weighted by Crippen LogP contribution is 2.26. The van der Waals surface area contributed by atoms with Gasteiger partial charge in [0.15, 0.2) is 5.82 Å². The summed E-state index contributed by atoms with van der Waals surface area (Å²) in [5.41, 5.74) is 0. The van der Waals surface area contributed by atoms with E-state index in [0.29, 0.717) is 23.6 Å². The summed E-state index contributed by atoms with van der Waals surface area (Å²) >= 11 is 0. The molecule has 140 valence electrons. The van der Waals surface area contributed by atoms with E-state index >= 15 is 0 Å². The van der Waals surface area contributed by atoms with Crippen LogP contribution in [0.1, 0.15) is 38.5 Å². The number of hydrogen-bond donors (Lipinski definition) is 1. The van der Waals surface area contributed by atoms with E-state index in [2.05, 4.69) is 48.6 Å². The maximum Gasteiger partial charge on any atom is 0.321 e. The molecule has 1 fully saturated rings. The monoisotopic (exact) mass is 359 g/mol. The Bertz CT molecular complexity index is 759. The van der Waals surface area contributed by atoms with Crippen LogP contribution in [0.5, 0.6) is 6.01 Å². The van der Waals surface area contributed by atoms with Gasteiger partial charge in [0.2, 0.25) is 5.95 Å². The van der Waals surface area contributed by atoms with Crippen LogP contribution < -0.4 is 14.5 Å². The van der Waals surface area contributed by atoms with Crippen LogP contribution in [0, 0.1) is 6.92 Å². The number of nitrogens with zero attached hydrogens (tertiary/aromatic N) is 7. The number of methoxy groups -OCH3 is 1. The third kappa shape index (κ3) is 3.67. The van der Waals surface area contributed by atoms with Crippen molar-refractivity contribution in [3.05, 3.63) is 23.9 Å². The summed E-state index contributed by atoms with van der Waals surface area (Å²) in [4.78, 5) is 26.0. The molecule has 3 heterocycles. The lowest BCUT2D eigenvalue weighted by Crippen LogP contribution is -2.57. The van der Waals surface area contributed by atoms with Crippen LogP contribution in [0.4, 0.5) is 11.8 Å². The van der Waals surface area contributed by atoms with E-state index < -0.39 is 6.10 Å². The Morgan fingerprint density at radius 2 is 1.85 bits per heavy atom. The van der Waals surface area contributed by atoms with Crippen LogP contribution in [0.15, 0.2) is 12.3 Å². The summed E-state index contributed by atoms with van der Waals surface area (Å²) in [6.07, 6.45) is 0.999. The molecule has 0 spiro atoms. The summed E-state index contributed by atoms with van der Waals surface area (Å²) < 4.78 is 5.17. The molecule has 0 saturated carbocycles. The van der Waals surface area contributed by atoms with E-state index in [9.17, 15) is 5.11 Å². The molecule has 3 rings (SSSR count). The Morgan fingerprint density at radius 1 is 1.15 bits per heavy atom. The second kappa shape index (κ2) is 7.36. The molecular formula is C17H25N7O2. The van der Waals surface area contributed by atoms with Crippen LogP contribution in [0.25, 0.3) is 0 Å². The molecule has 0 aliphatic carbocycles. The van der Waals surface area contributed by atoms with Gasteiger partial charge in [-0.15, -0.1) is 0 Å². The van der Waals surface area contributed by atoms with Gasteiger partial charge in [-0.2, -0.15) is 15.0 Å². The number of aliphatic hydroxyl groups excluding tert-OH is 1. The topological polar surface area (TPSA) is 100 Å². The fourth-order valence-corrected chi connectivity index (χ4v) is 3.32. The third-order valence-electron chi connectivity index (χ3n) is 4.40. The minimum atomic E-state index is -0.692. The van der Waals surface area contributed by atoms with Crippen molar-refractivity contribution in [1.29, 1.82) is 0 Å². The Hall–Kier alpha value is -2.55. The quantitative estimate of drug-likeness (QED) is 0.861. The minimum Gasteiger partial charge on any atom is -0.467 e. The maximum absolute atomic E-state index is 9.76. The van der Waals surface area contributed by atoms with Gasteiger partial charge in [-0.3, -0.25) is 0 Å². The number of anilines is 2. The van der Waals surface area contributed by atoms with Crippen molar-refractivity contribution in [1.82, 2.24) is 24.9 Å². The first-order valence-corrected chi connectivity index (χ1v) is 8.70. The van der Waals surface area contributed by atoms with Gasteiger partial charge in [0, 0.05) is 31.4 Å². The van der Waals surface area contributed by atoms with E-state index in [0.717, 1.165) is 18.9 Å². The molecular weight excluding hydrogens is 334 g/mol. The number of piperazine rings is 1. The molecule has 2 aromatic heterocycles. The summed E-state index contributed by atoms with van der Waals surface area (Å²) in [5.74, 6) is 2.51. The van der Waals surface area contributed by atoms with Gasteiger partial charge in [0.1, 0.15) is 17.7 Å². The van der Waals surface area contributed by atoms with Crippen molar-refractivity contribution in [2.45, 2.75) is 45.9 Å². The molecule has 26 heavy (non-hydrogen) atoms. The predicted octanol–water partition coefficient (Wildman–Crippen LogP) is 1.14. The van der Waals surface area contributed by atoms with Crippen LogP contribution in [-0.4, -0.2) is 62.3 Å². The molecule has 9 nitrogen and oxygen atoms in total. The highest BCUT2D eigenvalue weighted by Gasteiger charge is 2.32. The van der Waals surface area contributed by atoms with Gasteiger partial charge >= 0.3 is 6.01 Å². The maximum atomic E-state index is 9.76. The summed E-state index contributed by atoms with van der Waals surface area (Å²) in [7, 11) is 1.55. The normalized spacial score (nSPS) is 21.6. The number of hydrogen-bond acceptors (Lipinski definition) is 9. The summed E-state index contributed by atoms with van der Waals surface area (Å²) in [6, 6.07) is 2.56. The largest absolute Gasteiger partial charge is 0.467 e. The van der Waals surface area contributed by atoms with Crippen molar-refractivity contribution in [3.8, 4) is 6.01 Å². The van der Waals surface area contributed by atoms with Crippen molar-refractivity contribution in [3.63, 3.8) is 0 Å². The lowest BCUT2D eigenvalue weighted by molar-refractivity contribution is 0.189. The standard InChI is InChI=1S/C17H25N7O2/c1-10-8-23(16-19-13(4)20-17(22-16)26-5)9-11(2)24(10)14-6-7-18-15(21-14)12(3)25/h6-7,10-12,25H,8-9H2,1-5H3/t10-,11+,12-/m1/s1. The van der Waals surface area contributed by atoms with E-state index in [-0.39, 0.29) is 12.1 Å². The van der Waals surface area contributed by atoms with Gasteiger partial charge in [0.25, 0.3) is 0 Å². The van der Waals surface area contributed by atoms with E-state index in [4.69, 9.17) is 4.74 Å². The van der Waals surface area contributed by atoms with Crippen molar-refractivity contribution in [2.24, 2.45) is 0 Å². The van der Waals surface area contributed by atoms with Crippen molar-refractivity contribution >= 4 is 11.8 Å². The smallest absolute Gasteiger partial charge is 0.321 e. The number of ether oxygens (including phenoxy) is 1. The van der Waals surface area contributed by atoms with Crippen molar-refractivity contribution in [2.75, 3.05) is 30.0 Å². The van der Waals surface area contributed by atoms with Crippen LogP contribution in [-0.2, 0) is 0 Å². The first-order valence-electron chi connectivity index (χ1n) is 8.70. The van der Waals surface area contributed by atoms with Gasteiger partial charge in [-0.05, 0) is 33.8 Å². The average Bonchev–Trinajstić information content (AvgIpc) is 2.60. The molecule has 0 aromatic carbocycles. The van der Waals surface area contributed by atoms with E-state index in [1.54, 1.807) is 20.2 Å². The summed E-state index contributed by atoms with van der Waals surface area (Å²) in [6.45, 7) is 9.25. The molecule has 0 amide bonds. The van der Waals surface area contributed by atoms with Crippen molar-refractivity contribution < 1.29 is 9.84 Å². The number of rotatable bonds is 4. The van der Waals surface area contributed by atoms with Gasteiger partial charge in [0.05, 0.1) is 7.11 Å². The lowest BCUT2D eigenvalue weighted by atomic mass is 10.1. The van der Waals surface area contributed by atoms with Crippen LogP contribution >= 0.6 is 0 Å². The number of aryl methyl sites for hydroxylation is 1. The molecule has 2 aromatic rings. The molecule has 1 N–H and O–H groups in total. The Morgan fingerprint density at radius 3 is 2.46 bits per heavy atom. The SMILES string of the molecule is COc1nc(C)nc(N2C[C@@H](C)N(c3ccnc([C@@H](C)O)n3)[C@@H](C)C2)n1. The highest BCUT2D eigenvalue weighted by atomic mass is 16.5. The minimum absolute atomic E-state index is 0.179. The van der Waals surface area contributed by atoms with Crippen LogP contribution in [0.2, 0.25) is 0 Å². The zero-order valence-corrected chi connectivity index (χ0v) is 15.8. The zero-order chi connectivity index (χ0) is 18.8. The fraction of sp³-hybridized carbons (Fsp3) is 0.588. The Labute approximate surface area is 153 Å². The molecule has 0 unspecified atom stereocenters. The molecule has 1 aliphatic rings. The predicted molar refractivity (Wildman–Crippen MR) is 97.4 cm³/mol. The first-order chi connectivity index (χ1) is 12.4. The average molecular weight is 359 g/mol. The van der Waals surface area contributed by atoms with Gasteiger partial charge < -0.3 is 19.6 Å². The van der Waals surface area contributed by atoms with E-state index in [1.165, 1.54) is 0 Å². The highest BCUT2D eigenvalue weighted by molar-refractivity contribution is 5.45. The summed E-state index contributed by atoms with van der Waals surface area (Å²) in [5, 5.41) is 9.76. The number of aliphatic hydroxyl groups is 1. The molecule has 0 radical (unpaired) electrons.